The van der Waals surface area contributed by atoms with Gasteiger partial charge in [-0.3, -0.25) is 9.69 Å². The minimum absolute atomic E-state index is 0.0233. The Morgan fingerprint density at radius 3 is 2.25 bits per heavy atom. The van der Waals surface area contributed by atoms with E-state index in [1.807, 2.05) is 0 Å². The number of nitrogens with one attached hydrogen (secondary N) is 2. The lowest BCUT2D eigenvalue weighted by molar-refractivity contribution is -0.139. The molecule has 0 bridgehead atoms. The predicted molar refractivity (Wildman–Crippen MR) is 80.7 cm³/mol. The van der Waals surface area contributed by atoms with Gasteiger partial charge in [-0.05, 0) is 37.1 Å². The smallest absolute Gasteiger partial charge is 0.416 e. The second-order valence-electron chi connectivity index (χ2n) is 5.62. The van der Waals surface area contributed by atoms with Crippen LogP contribution >= 0.6 is 0 Å². The number of piperidine rings is 1. The van der Waals surface area contributed by atoms with Gasteiger partial charge in [-0.15, -0.1) is 0 Å². The molecule has 9 heteroatoms. The molecule has 1 fully saturated rings. The van der Waals surface area contributed by atoms with Crippen LogP contribution in [0, 0.1) is 0 Å². The van der Waals surface area contributed by atoms with Crippen molar-refractivity contribution in [3.05, 3.63) is 29.8 Å². The number of carbonyl (C=O) groups excluding carboxylic acids is 1. The Bertz CT molecular complexity index is 582. The van der Waals surface area contributed by atoms with Crippen molar-refractivity contribution >= 4 is 17.7 Å². The molecule has 2 rings (SSSR count). The summed E-state index contributed by atoms with van der Waals surface area (Å²) >= 11 is 0. The molecule has 1 aliphatic rings. The number of carboxylic acids is 1. The number of aliphatic carboxylic acids is 1. The van der Waals surface area contributed by atoms with Crippen molar-refractivity contribution in [2.75, 3.05) is 25.0 Å². The van der Waals surface area contributed by atoms with Gasteiger partial charge >= 0.3 is 18.2 Å². The molecule has 3 N–H and O–H groups in total. The molecular weight excluding hydrogens is 327 g/mol. The first-order chi connectivity index (χ1) is 11.2. The number of hydrogen-bond acceptors (Lipinski definition) is 3. The van der Waals surface area contributed by atoms with Gasteiger partial charge < -0.3 is 15.7 Å². The molecule has 6 nitrogen and oxygen atoms in total. The van der Waals surface area contributed by atoms with E-state index in [0.29, 0.717) is 25.9 Å². The van der Waals surface area contributed by atoms with Crippen LogP contribution < -0.4 is 10.6 Å². The maximum absolute atomic E-state index is 12.5. The van der Waals surface area contributed by atoms with Gasteiger partial charge in [-0.25, -0.2) is 4.79 Å². The highest BCUT2D eigenvalue weighted by Crippen LogP contribution is 2.29. The lowest BCUT2D eigenvalue weighted by Gasteiger charge is -2.31. The third kappa shape index (κ3) is 5.41. The van der Waals surface area contributed by atoms with Gasteiger partial charge in [0.05, 0.1) is 12.1 Å². The largest absolute Gasteiger partial charge is 0.480 e. The lowest BCUT2D eigenvalue weighted by Crippen LogP contribution is -2.47. The molecule has 0 aromatic heterocycles. The van der Waals surface area contributed by atoms with Gasteiger partial charge in [0, 0.05) is 24.8 Å². The van der Waals surface area contributed by atoms with Crippen molar-refractivity contribution in [2.45, 2.75) is 25.1 Å². The number of halogens is 3. The van der Waals surface area contributed by atoms with Gasteiger partial charge in [-0.2, -0.15) is 13.2 Å². The van der Waals surface area contributed by atoms with Crippen LogP contribution in [-0.4, -0.2) is 47.7 Å². The Morgan fingerprint density at radius 2 is 1.75 bits per heavy atom. The number of amides is 2. The van der Waals surface area contributed by atoms with E-state index in [9.17, 15) is 22.8 Å². The van der Waals surface area contributed by atoms with Crippen molar-refractivity contribution in [3.63, 3.8) is 0 Å². The van der Waals surface area contributed by atoms with Crippen molar-refractivity contribution in [2.24, 2.45) is 0 Å². The summed E-state index contributed by atoms with van der Waals surface area (Å²) in [6, 6.07) is 3.60. The first kappa shape index (κ1) is 18.1. The molecule has 1 heterocycles. The van der Waals surface area contributed by atoms with Crippen molar-refractivity contribution in [1.82, 2.24) is 10.2 Å². The molecule has 0 radical (unpaired) electrons. The van der Waals surface area contributed by atoms with Crippen LogP contribution in [0.3, 0.4) is 0 Å². The van der Waals surface area contributed by atoms with Crippen molar-refractivity contribution in [3.8, 4) is 0 Å². The zero-order valence-corrected chi connectivity index (χ0v) is 12.8. The summed E-state index contributed by atoms with van der Waals surface area (Å²) in [7, 11) is 0. The van der Waals surface area contributed by atoms with Crippen LogP contribution in [-0.2, 0) is 11.0 Å². The first-order valence-electron chi connectivity index (χ1n) is 7.43. The van der Waals surface area contributed by atoms with Gasteiger partial charge in [0.15, 0.2) is 0 Å². The molecule has 0 spiro atoms. The average molecular weight is 345 g/mol. The normalized spacial score (nSPS) is 16.6. The highest BCUT2D eigenvalue weighted by molar-refractivity contribution is 5.89. The number of nitrogens with zero attached hydrogens (tertiary/aromatic N) is 1. The second-order valence-corrected chi connectivity index (χ2v) is 5.62. The summed E-state index contributed by atoms with van der Waals surface area (Å²) in [5.74, 6) is -0.888. The summed E-state index contributed by atoms with van der Waals surface area (Å²) in [5, 5.41) is 13.9. The number of likely N-dealkylation sites (tertiary alicyclic amines) is 1. The molecule has 1 aliphatic heterocycles. The Balaban J connectivity index is 1.79. The predicted octanol–water partition coefficient (Wildman–Crippen LogP) is 2.38. The zero-order valence-electron chi connectivity index (χ0n) is 12.8. The van der Waals surface area contributed by atoms with Crippen molar-refractivity contribution < 1.29 is 27.9 Å². The van der Waals surface area contributed by atoms with E-state index in [-0.39, 0.29) is 18.3 Å². The standard InChI is InChI=1S/C15H18F3N3O3/c16-15(17,18)10-1-3-11(4-2-10)19-14(24)20-12-5-7-21(8-6-12)9-13(22)23/h1-4,12H,5-9H2,(H,22,23)(H2,19,20,24). The summed E-state index contributed by atoms with van der Waals surface area (Å²) in [4.78, 5) is 24.3. The molecule has 1 aromatic carbocycles. The van der Waals surface area contributed by atoms with Crippen LogP contribution in [0.15, 0.2) is 24.3 Å². The molecule has 0 saturated carbocycles. The van der Waals surface area contributed by atoms with E-state index in [4.69, 9.17) is 5.11 Å². The van der Waals surface area contributed by atoms with Crippen LogP contribution in [0.1, 0.15) is 18.4 Å². The van der Waals surface area contributed by atoms with Crippen molar-refractivity contribution in [1.29, 1.82) is 0 Å². The number of carbonyl (C=O) groups is 2. The van der Waals surface area contributed by atoms with E-state index in [2.05, 4.69) is 10.6 Å². The van der Waals surface area contributed by atoms with Crippen LogP contribution in [0.4, 0.5) is 23.7 Å². The molecule has 24 heavy (non-hydrogen) atoms. The molecule has 0 unspecified atom stereocenters. The Morgan fingerprint density at radius 1 is 1.17 bits per heavy atom. The van der Waals surface area contributed by atoms with E-state index in [1.54, 1.807) is 4.90 Å². The maximum atomic E-state index is 12.5. The highest BCUT2D eigenvalue weighted by atomic mass is 19.4. The fourth-order valence-electron chi connectivity index (χ4n) is 2.52. The quantitative estimate of drug-likeness (QED) is 0.783. The van der Waals surface area contributed by atoms with E-state index in [1.165, 1.54) is 12.1 Å². The topological polar surface area (TPSA) is 81.7 Å². The second kappa shape index (κ2) is 7.52. The molecule has 1 saturated heterocycles. The lowest BCUT2D eigenvalue weighted by atomic mass is 10.1. The Kier molecular flexibility index (Phi) is 5.66. The molecule has 2 amide bonds. The van der Waals surface area contributed by atoms with Gasteiger partial charge in [0.2, 0.25) is 0 Å². The molecule has 0 atom stereocenters. The number of carboxylic acid groups (broad SMARTS) is 1. The SMILES string of the molecule is O=C(O)CN1CCC(NC(=O)Nc2ccc(C(F)(F)F)cc2)CC1. The van der Waals surface area contributed by atoms with E-state index < -0.39 is 23.7 Å². The highest BCUT2D eigenvalue weighted by Gasteiger charge is 2.30. The number of urea groups is 1. The summed E-state index contributed by atoms with van der Waals surface area (Å²) < 4.78 is 37.4. The third-order valence-electron chi connectivity index (χ3n) is 3.75. The molecule has 132 valence electrons. The van der Waals surface area contributed by atoms with Gasteiger partial charge in [0.1, 0.15) is 0 Å². The Labute approximate surface area is 136 Å². The fourth-order valence-corrected chi connectivity index (χ4v) is 2.52. The minimum atomic E-state index is -4.41. The first-order valence-corrected chi connectivity index (χ1v) is 7.43. The summed E-state index contributed by atoms with van der Waals surface area (Å²) in [6.07, 6.45) is -3.17. The number of anilines is 1. The van der Waals surface area contributed by atoms with Crippen LogP contribution in [0.25, 0.3) is 0 Å². The summed E-state index contributed by atoms with van der Waals surface area (Å²) in [6.45, 7) is 1.11. The third-order valence-corrected chi connectivity index (χ3v) is 3.75. The van der Waals surface area contributed by atoms with E-state index in [0.717, 1.165) is 12.1 Å². The Hall–Kier alpha value is -2.29. The van der Waals surface area contributed by atoms with Crippen LogP contribution in [0.2, 0.25) is 0 Å². The zero-order chi connectivity index (χ0) is 17.7. The molecule has 1 aromatic rings. The van der Waals surface area contributed by atoms with Gasteiger partial charge in [-0.1, -0.05) is 0 Å². The number of alkyl halides is 3. The fraction of sp³-hybridized carbons (Fsp3) is 0.467. The maximum Gasteiger partial charge on any atom is 0.416 e. The molecule has 0 aliphatic carbocycles. The number of rotatable bonds is 4. The average Bonchev–Trinajstić information content (AvgIpc) is 2.48. The minimum Gasteiger partial charge on any atom is -0.480 e. The monoisotopic (exact) mass is 345 g/mol. The van der Waals surface area contributed by atoms with E-state index >= 15 is 0 Å². The number of hydrogen-bond donors (Lipinski definition) is 3. The van der Waals surface area contributed by atoms with Crippen LogP contribution in [0.5, 0.6) is 0 Å². The summed E-state index contributed by atoms with van der Waals surface area (Å²) in [5.41, 5.74) is -0.511. The molecular formula is C15H18F3N3O3. The number of benzene rings is 1. The van der Waals surface area contributed by atoms with Gasteiger partial charge in [0.25, 0.3) is 0 Å².